The zero-order valence-corrected chi connectivity index (χ0v) is 18.9. The monoisotopic (exact) mass is 424 g/mol. The molecule has 0 N–H and O–H groups in total. The van der Waals surface area contributed by atoms with E-state index in [9.17, 15) is 4.79 Å². The van der Waals surface area contributed by atoms with Gasteiger partial charge in [-0.15, -0.1) is 11.3 Å². The van der Waals surface area contributed by atoms with Gasteiger partial charge in [-0.25, -0.2) is 4.98 Å². The van der Waals surface area contributed by atoms with Gasteiger partial charge in [0.15, 0.2) is 0 Å². The number of ether oxygens (including phenoxy) is 1. The number of hydrogen-bond donors (Lipinski definition) is 0. The van der Waals surface area contributed by atoms with Gasteiger partial charge in [0.1, 0.15) is 10.8 Å². The molecule has 160 valence electrons. The van der Waals surface area contributed by atoms with Crippen LogP contribution in [0.25, 0.3) is 10.6 Å². The molecule has 4 nitrogen and oxygen atoms in total. The van der Waals surface area contributed by atoms with E-state index in [1.807, 2.05) is 48.5 Å². The molecule has 1 amide bonds. The summed E-state index contributed by atoms with van der Waals surface area (Å²) in [6, 6.07) is 7.99. The predicted octanol–water partition coefficient (Wildman–Crippen LogP) is 5.43. The number of para-hydroxylation sites is 1. The van der Waals surface area contributed by atoms with Crippen molar-refractivity contribution in [1.82, 2.24) is 9.88 Å². The van der Waals surface area contributed by atoms with E-state index in [0.29, 0.717) is 18.4 Å². The smallest absolute Gasteiger partial charge is 0.228 e. The molecule has 1 heterocycles. The number of rotatable bonds is 7. The van der Waals surface area contributed by atoms with Gasteiger partial charge in [0.05, 0.1) is 24.3 Å². The molecule has 0 saturated heterocycles. The largest absolute Gasteiger partial charge is 0.493 e. The summed E-state index contributed by atoms with van der Waals surface area (Å²) in [6.07, 6.45) is 8.74. The van der Waals surface area contributed by atoms with Crippen LogP contribution in [0.5, 0.6) is 5.75 Å². The van der Waals surface area contributed by atoms with Crippen molar-refractivity contribution in [1.29, 1.82) is 0 Å². The molecule has 5 heteroatoms. The average molecular weight is 425 g/mol. The molecule has 0 radical (unpaired) electrons. The summed E-state index contributed by atoms with van der Waals surface area (Å²) in [5, 5.41) is 2.94. The molecular formula is C25H32N2O2S. The van der Waals surface area contributed by atoms with Gasteiger partial charge in [-0.1, -0.05) is 12.1 Å². The van der Waals surface area contributed by atoms with Crippen LogP contribution in [-0.4, -0.2) is 36.0 Å². The van der Waals surface area contributed by atoms with Crippen LogP contribution in [0, 0.1) is 23.2 Å². The van der Waals surface area contributed by atoms with Gasteiger partial charge in [0.25, 0.3) is 0 Å². The number of aromatic nitrogens is 1. The Morgan fingerprint density at radius 1 is 1.17 bits per heavy atom. The summed E-state index contributed by atoms with van der Waals surface area (Å²) in [4.78, 5) is 19.8. The van der Waals surface area contributed by atoms with Crippen LogP contribution in [0.15, 0.2) is 29.6 Å². The normalized spacial score (nSPS) is 29.2. The van der Waals surface area contributed by atoms with Crippen LogP contribution in [0.2, 0.25) is 0 Å². The van der Waals surface area contributed by atoms with Crippen molar-refractivity contribution in [2.75, 3.05) is 20.2 Å². The van der Waals surface area contributed by atoms with Crippen molar-refractivity contribution < 1.29 is 9.53 Å². The molecule has 0 spiro atoms. The Balaban J connectivity index is 1.24. The lowest BCUT2D eigenvalue weighted by Gasteiger charge is -2.57. The SMILES string of the molecule is CCOc1ccccc1-c1nc(CC(=O)N(C)CC23CC4CC(CC(C4)C2)C3)cs1. The minimum atomic E-state index is 0.195. The van der Waals surface area contributed by atoms with Gasteiger partial charge in [-0.2, -0.15) is 0 Å². The highest BCUT2D eigenvalue weighted by atomic mass is 32.1. The van der Waals surface area contributed by atoms with E-state index in [1.54, 1.807) is 11.3 Å². The van der Waals surface area contributed by atoms with Gasteiger partial charge in [-0.3, -0.25) is 4.79 Å². The molecule has 4 bridgehead atoms. The molecule has 2 aromatic rings. The molecule has 4 aliphatic rings. The second kappa shape index (κ2) is 7.99. The first-order valence-electron chi connectivity index (χ1n) is 11.4. The summed E-state index contributed by atoms with van der Waals surface area (Å²) >= 11 is 1.59. The predicted molar refractivity (Wildman–Crippen MR) is 121 cm³/mol. The third-order valence-electron chi connectivity index (χ3n) is 7.46. The Bertz CT molecular complexity index is 886. The molecule has 4 aliphatic carbocycles. The molecular weight excluding hydrogens is 392 g/mol. The minimum absolute atomic E-state index is 0.195. The fourth-order valence-electron chi connectivity index (χ4n) is 6.80. The maximum atomic E-state index is 13.0. The number of carbonyl (C=O) groups is 1. The van der Waals surface area contributed by atoms with Gasteiger partial charge in [0, 0.05) is 19.0 Å². The van der Waals surface area contributed by atoms with Gasteiger partial charge in [0.2, 0.25) is 5.91 Å². The Morgan fingerprint density at radius 3 is 2.50 bits per heavy atom. The van der Waals surface area contributed by atoms with Crippen LogP contribution >= 0.6 is 11.3 Å². The molecule has 1 aromatic heterocycles. The maximum absolute atomic E-state index is 13.0. The van der Waals surface area contributed by atoms with E-state index in [1.165, 1.54) is 38.5 Å². The summed E-state index contributed by atoms with van der Waals surface area (Å²) in [6.45, 7) is 3.55. The van der Waals surface area contributed by atoms with E-state index in [0.717, 1.165) is 46.3 Å². The van der Waals surface area contributed by atoms with Crippen molar-refractivity contribution in [3.63, 3.8) is 0 Å². The Labute approximate surface area is 183 Å². The Kier molecular flexibility index (Phi) is 5.34. The van der Waals surface area contributed by atoms with Crippen molar-refractivity contribution in [3.8, 4) is 16.3 Å². The second-order valence-electron chi connectivity index (χ2n) is 9.92. The lowest BCUT2D eigenvalue weighted by molar-refractivity contribution is -0.134. The molecule has 4 fully saturated rings. The lowest BCUT2D eigenvalue weighted by atomic mass is 9.49. The first-order chi connectivity index (χ1) is 14.5. The molecule has 0 aliphatic heterocycles. The van der Waals surface area contributed by atoms with Crippen LogP contribution in [0.1, 0.15) is 51.1 Å². The highest BCUT2D eigenvalue weighted by molar-refractivity contribution is 7.13. The van der Waals surface area contributed by atoms with Crippen molar-refractivity contribution in [2.45, 2.75) is 51.9 Å². The number of nitrogens with zero attached hydrogens (tertiary/aromatic N) is 2. The van der Waals surface area contributed by atoms with Crippen LogP contribution in [0.3, 0.4) is 0 Å². The molecule has 1 aromatic carbocycles. The number of amides is 1. The molecule has 30 heavy (non-hydrogen) atoms. The van der Waals surface area contributed by atoms with Gasteiger partial charge in [-0.05, 0) is 80.8 Å². The van der Waals surface area contributed by atoms with E-state index in [2.05, 4.69) is 0 Å². The van der Waals surface area contributed by atoms with Crippen LogP contribution < -0.4 is 4.74 Å². The third kappa shape index (κ3) is 3.89. The second-order valence-corrected chi connectivity index (χ2v) is 10.8. The number of benzene rings is 1. The minimum Gasteiger partial charge on any atom is -0.493 e. The van der Waals surface area contributed by atoms with E-state index < -0.39 is 0 Å². The van der Waals surface area contributed by atoms with Crippen molar-refractivity contribution in [2.24, 2.45) is 23.2 Å². The molecule has 0 unspecified atom stereocenters. The first kappa shape index (κ1) is 20.0. The number of hydrogen-bond acceptors (Lipinski definition) is 4. The lowest BCUT2D eigenvalue weighted by Crippen LogP contribution is -2.51. The molecule has 4 saturated carbocycles. The highest BCUT2D eigenvalue weighted by Gasteiger charge is 2.51. The van der Waals surface area contributed by atoms with Gasteiger partial charge >= 0.3 is 0 Å². The molecule has 6 rings (SSSR count). The first-order valence-corrected chi connectivity index (χ1v) is 12.3. The Morgan fingerprint density at radius 2 is 1.83 bits per heavy atom. The fraction of sp³-hybridized carbons (Fsp3) is 0.600. The van der Waals surface area contributed by atoms with Crippen molar-refractivity contribution >= 4 is 17.2 Å². The van der Waals surface area contributed by atoms with E-state index in [-0.39, 0.29) is 5.91 Å². The van der Waals surface area contributed by atoms with Crippen LogP contribution in [0.4, 0.5) is 0 Å². The van der Waals surface area contributed by atoms with Crippen molar-refractivity contribution in [3.05, 3.63) is 35.3 Å². The van der Waals surface area contributed by atoms with E-state index in [4.69, 9.17) is 9.72 Å². The number of thiazole rings is 1. The quantitative estimate of drug-likeness (QED) is 0.595. The molecule has 0 atom stereocenters. The summed E-state index contributed by atoms with van der Waals surface area (Å²) in [5.74, 6) is 3.82. The van der Waals surface area contributed by atoms with Gasteiger partial charge < -0.3 is 9.64 Å². The van der Waals surface area contributed by atoms with E-state index >= 15 is 0 Å². The third-order valence-corrected chi connectivity index (χ3v) is 8.39. The zero-order chi connectivity index (χ0) is 20.7. The summed E-state index contributed by atoms with van der Waals surface area (Å²) < 4.78 is 5.75. The summed E-state index contributed by atoms with van der Waals surface area (Å²) in [5.41, 5.74) is 2.26. The Hall–Kier alpha value is -1.88. The maximum Gasteiger partial charge on any atom is 0.228 e. The zero-order valence-electron chi connectivity index (χ0n) is 18.1. The highest BCUT2D eigenvalue weighted by Crippen LogP contribution is 2.60. The number of carbonyl (C=O) groups excluding carboxylic acids is 1. The summed E-state index contributed by atoms with van der Waals surface area (Å²) in [7, 11) is 2.00. The topological polar surface area (TPSA) is 42.4 Å². The van der Waals surface area contributed by atoms with Crippen LogP contribution in [-0.2, 0) is 11.2 Å². The standard InChI is InChI=1S/C25H32N2O2S/c1-3-29-22-7-5-4-6-21(22)24-26-20(15-30-24)11-23(28)27(2)16-25-12-17-8-18(13-25)10-19(9-17)14-25/h4-7,15,17-19H,3,8-14,16H2,1-2H3. The fourth-order valence-corrected chi connectivity index (χ4v) is 7.65. The average Bonchev–Trinajstić information content (AvgIpc) is 3.15. The number of likely N-dealkylation sites (N-methyl/N-ethyl adjacent to an activating group) is 1.